The molecule has 3 rings (SSSR count). The molecule has 3 N–H and O–H groups in total. The zero-order valence-electron chi connectivity index (χ0n) is 13.7. The van der Waals surface area contributed by atoms with Gasteiger partial charge in [-0.2, -0.15) is 0 Å². The topological polar surface area (TPSA) is 81.2 Å². The third-order valence-electron chi connectivity index (χ3n) is 4.23. The van der Waals surface area contributed by atoms with E-state index in [-0.39, 0.29) is 36.8 Å². The van der Waals surface area contributed by atoms with E-state index in [2.05, 4.69) is 10.3 Å². The molecule has 1 amide bonds. The molecule has 0 aromatic carbocycles. The number of aromatic nitrogens is 1. The molecule has 0 saturated heterocycles. The minimum absolute atomic E-state index is 0. The molecule has 0 bridgehead atoms. The van der Waals surface area contributed by atoms with Crippen molar-refractivity contribution < 1.29 is 9.21 Å². The summed E-state index contributed by atoms with van der Waals surface area (Å²) in [6, 6.07) is 3.97. The molecule has 134 valence electrons. The number of nitrogens with zero attached hydrogens (tertiary/aromatic N) is 1. The minimum Gasteiger partial charge on any atom is -0.459 e. The molecule has 1 aliphatic carbocycles. The highest BCUT2D eigenvalue weighted by Gasteiger charge is 2.29. The first-order chi connectivity index (χ1) is 10.6. The number of nitrogens with one attached hydrogen (secondary N) is 1. The summed E-state index contributed by atoms with van der Waals surface area (Å²) in [5.74, 6) is 1.90. The lowest BCUT2D eigenvalue weighted by molar-refractivity contribution is 0.0932. The van der Waals surface area contributed by atoms with Crippen LogP contribution < -0.4 is 11.1 Å². The number of nitrogens with two attached hydrogens (primary N) is 1. The average Bonchev–Trinajstić information content (AvgIpc) is 3.18. The molecule has 24 heavy (non-hydrogen) atoms. The van der Waals surface area contributed by atoms with Crippen molar-refractivity contribution in [3.63, 3.8) is 0 Å². The number of hydrogen-bond donors (Lipinski definition) is 2. The number of thiazole rings is 1. The van der Waals surface area contributed by atoms with E-state index >= 15 is 0 Å². The maximum Gasteiger partial charge on any atom is 0.263 e. The fourth-order valence-electron chi connectivity index (χ4n) is 3.00. The first-order valence-corrected chi connectivity index (χ1v) is 8.45. The molecular formula is C16H23Cl2N3O2S. The van der Waals surface area contributed by atoms with Crippen LogP contribution in [0.1, 0.15) is 40.4 Å². The Bertz CT molecular complexity index is 687. The van der Waals surface area contributed by atoms with Gasteiger partial charge >= 0.3 is 0 Å². The summed E-state index contributed by atoms with van der Waals surface area (Å²) in [6.07, 6.45) is 3.24. The van der Waals surface area contributed by atoms with Gasteiger partial charge in [0, 0.05) is 6.04 Å². The van der Waals surface area contributed by atoms with Crippen LogP contribution in [-0.2, 0) is 0 Å². The fraction of sp³-hybridized carbons (Fsp3) is 0.500. The Morgan fingerprint density at radius 3 is 2.75 bits per heavy atom. The maximum atomic E-state index is 12.5. The summed E-state index contributed by atoms with van der Waals surface area (Å²) >= 11 is 1.38. The van der Waals surface area contributed by atoms with E-state index in [1.54, 1.807) is 0 Å². The molecule has 5 nitrogen and oxygen atoms in total. The number of halogens is 2. The zero-order chi connectivity index (χ0) is 15.7. The summed E-state index contributed by atoms with van der Waals surface area (Å²) in [6.45, 7) is 4.38. The van der Waals surface area contributed by atoms with E-state index in [4.69, 9.17) is 10.2 Å². The van der Waals surface area contributed by atoms with Crippen molar-refractivity contribution in [1.29, 1.82) is 0 Å². The number of carbonyl (C=O) groups is 1. The van der Waals surface area contributed by atoms with Crippen LogP contribution in [0.25, 0.3) is 10.8 Å². The van der Waals surface area contributed by atoms with E-state index in [1.165, 1.54) is 11.3 Å². The first kappa shape index (κ1) is 21.0. The van der Waals surface area contributed by atoms with Gasteiger partial charge in [-0.05, 0) is 51.3 Å². The van der Waals surface area contributed by atoms with Gasteiger partial charge in [0.1, 0.15) is 10.6 Å². The van der Waals surface area contributed by atoms with E-state index in [1.807, 2.05) is 26.0 Å². The van der Waals surface area contributed by atoms with Gasteiger partial charge in [0.15, 0.2) is 10.8 Å². The molecule has 2 unspecified atom stereocenters. The molecule has 2 heterocycles. The third kappa shape index (κ3) is 4.30. The number of aryl methyl sites for hydroxylation is 2. The standard InChI is InChI=1S/C16H21N3O2S.2ClH/c1-9-6-7-13(21-9)16-18-10(2)14(22-16)15(20)19-12-5-3-4-11(12)8-17;;/h6-7,11-12H,3-5,8,17H2,1-2H3,(H,19,20);2*1H. The molecule has 2 aromatic heterocycles. The quantitative estimate of drug-likeness (QED) is 0.831. The van der Waals surface area contributed by atoms with Crippen molar-refractivity contribution in [3.05, 3.63) is 28.5 Å². The SMILES string of the molecule is Cc1ccc(-c2nc(C)c(C(=O)NC3CCCC3CN)s2)o1.Cl.Cl. The molecule has 1 saturated carbocycles. The highest BCUT2D eigenvalue weighted by molar-refractivity contribution is 7.17. The Balaban J connectivity index is 0.00000144. The second-order valence-electron chi connectivity index (χ2n) is 5.85. The van der Waals surface area contributed by atoms with Gasteiger partial charge in [-0.3, -0.25) is 4.79 Å². The van der Waals surface area contributed by atoms with Crippen molar-refractivity contribution in [2.24, 2.45) is 11.7 Å². The fourth-order valence-corrected chi connectivity index (χ4v) is 3.94. The Morgan fingerprint density at radius 1 is 1.38 bits per heavy atom. The van der Waals surface area contributed by atoms with Crippen molar-refractivity contribution in [1.82, 2.24) is 10.3 Å². The normalized spacial score (nSPS) is 19.5. The van der Waals surface area contributed by atoms with E-state index in [0.717, 1.165) is 35.7 Å². The smallest absolute Gasteiger partial charge is 0.263 e. The zero-order valence-corrected chi connectivity index (χ0v) is 16.2. The molecular weight excluding hydrogens is 369 g/mol. The van der Waals surface area contributed by atoms with Crippen LogP contribution in [0.4, 0.5) is 0 Å². The van der Waals surface area contributed by atoms with Crippen LogP contribution >= 0.6 is 36.2 Å². The summed E-state index contributed by atoms with van der Waals surface area (Å²) < 4.78 is 5.59. The highest BCUT2D eigenvalue weighted by Crippen LogP contribution is 2.30. The van der Waals surface area contributed by atoms with E-state index < -0.39 is 0 Å². The van der Waals surface area contributed by atoms with E-state index in [0.29, 0.717) is 23.1 Å². The largest absolute Gasteiger partial charge is 0.459 e. The summed E-state index contributed by atoms with van der Waals surface area (Å²) in [5.41, 5.74) is 6.52. The molecule has 8 heteroatoms. The predicted octanol–water partition coefficient (Wildman–Crippen LogP) is 3.72. The van der Waals surface area contributed by atoms with Gasteiger partial charge in [0.05, 0.1) is 5.69 Å². The summed E-state index contributed by atoms with van der Waals surface area (Å²) in [5, 5.41) is 3.88. The minimum atomic E-state index is -0.0464. The lowest BCUT2D eigenvalue weighted by atomic mass is 10.0. The highest BCUT2D eigenvalue weighted by atomic mass is 35.5. The lowest BCUT2D eigenvalue weighted by Crippen LogP contribution is -2.39. The number of rotatable bonds is 4. The molecule has 0 radical (unpaired) electrons. The number of furan rings is 1. The van der Waals surface area contributed by atoms with Gasteiger partial charge < -0.3 is 15.5 Å². The van der Waals surface area contributed by atoms with Crippen LogP contribution in [0.2, 0.25) is 0 Å². The predicted molar refractivity (Wildman–Crippen MR) is 101 cm³/mol. The van der Waals surface area contributed by atoms with Gasteiger partial charge in [-0.25, -0.2) is 4.98 Å². The van der Waals surface area contributed by atoms with Crippen molar-refractivity contribution in [2.75, 3.05) is 6.54 Å². The molecule has 2 aromatic rings. The Labute approximate surface area is 158 Å². The van der Waals surface area contributed by atoms with Crippen LogP contribution in [0.15, 0.2) is 16.5 Å². The summed E-state index contributed by atoms with van der Waals surface area (Å²) in [4.78, 5) is 17.6. The van der Waals surface area contributed by atoms with Crippen LogP contribution in [0, 0.1) is 19.8 Å². The Hall–Kier alpha value is -1.08. The van der Waals surface area contributed by atoms with Crippen molar-refractivity contribution in [3.8, 4) is 10.8 Å². The second kappa shape index (κ2) is 8.85. The second-order valence-corrected chi connectivity index (χ2v) is 6.85. The van der Waals surface area contributed by atoms with Crippen LogP contribution in [0.5, 0.6) is 0 Å². The van der Waals surface area contributed by atoms with Crippen molar-refractivity contribution in [2.45, 2.75) is 39.2 Å². The van der Waals surface area contributed by atoms with Crippen LogP contribution in [0.3, 0.4) is 0 Å². The van der Waals surface area contributed by atoms with Gasteiger partial charge in [-0.1, -0.05) is 6.42 Å². The van der Waals surface area contributed by atoms with E-state index in [9.17, 15) is 4.79 Å². The molecule has 2 atom stereocenters. The number of amides is 1. The van der Waals surface area contributed by atoms with Crippen LogP contribution in [-0.4, -0.2) is 23.5 Å². The number of hydrogen-bond acceptors (Lipinski definition) is 5. The van der Waals surface area contributed by atoms with Gasteiger partial charge in [0.2, 0.25) is 0 Å². The molecule has 1 fully saturated rings. The van der Waals surface area contributed by atoms with Gasteiger partial charge in [-0.15, -0.1) is 36.2 Å². The monoisotopic (exact) mass is 391 g/mol. The molecule has 0 spiro atoms. The Morgan fingerprint density at radius 2 is 2.12 bits per heavy atom. The number of carbonyl (C=O) groups excluding carboxylic acids is 1. The third-order valence-corrected chi connectivity index (χ3v) is 5.40. The Kier molecular flexibility index (Phi) is 7.73. The summed E-state index contributed by atoms with van der Waals surface area (Å²) in [7, 11) is 0. The molecule has 0 aliphatic heterocycles. The first-order valence-electron chi connectivity index (χ1n) is 7.63. The average molecular weight is 392 g/mol. The van der Waals surface area contributed by atoms with Gasteiger partial charge in [0.25, 0.3) is 5.91 Å². The molecule has 1 aliphatic rings. The van der Waals surface area contributed by atoms with Crippen molar-refractivity contribution >= 4 is 42.1 Å². The maximum absolute atomic E-state index is 12.5. The lowest BCUT2D eigenvalue weighted by Gasteiger charge is -2.19.